The van der Waals surface area contributed by atoms with Crippen LogP contribution in [0.1, 0.15) is 23.2 Å². The Kier molecular flexibility index (Phi) is 15.0. The van der Waals surface area contributed by atoms with E-state index in [0.717, 1.165) is 88.9 Å². The van der Waals surface area contributed by atoms with E-state index in [0.29, 0.717) is 6.54 Å². The van der Waals surface area contributed by atoms with E-state index in [-0.39, 0.29) is 43.1 Å². The Morgan fingerprint density at radius 2 is 1.53 bits per heavy atom. The molecule has 0 bridgehead atoms. The van der Waals surface area contributed by atoms with Crippen molar-refractivity contribution >= 4 is 54.5 Å². The van der Waals surface area contributed by atoms with Crippen LogP contribution in [-0.2, 0) is 4.74 Å². The van der Waals surface area contributed by atoms with E-state index < -0.39 is 0 Å². The number of carbonyl (C=O) groups is 1. The fraction of sp³-hybridized carbons (Fsp3) is 0.500. The molecule has 1 N–H and O–H groups in total. The molecule has 4 rings (SSSR count). The Morgan fingerprint density at radius 1 is 0.861 bits per heavy atom. The SMILES string of the molecule is COc1ccccc1N1CCN(CCCCNC(=O)c2ccc(N3CCOCC3)cc2)CC1.Cl.Cl.Cl. The van der Waals surface area contributed by atoms with Gasteiger partial charge in [-0.05, 0) is 55.8 Å². The van der Waals surface area contributed by atoms with Gasteiger partial charge in [-0.1, -0.05) is 12.1 Å². The van der Waals surface area contributed by atoms with E-state index >= 15 is 0 Å². The Morgan fingerprint density at radius 3 is 2.19 bits per heavy atom. The number of piperazine rings is 1. The molecule has 0 aliphatic carbocycles. The minimum atomic E-state index is 0. The molecule has 2 saturated heterocycles. The van der Waals surface area contributed by atoms with Gasteiger partial charge in [-0.15, -0.1) is 37.2 Å². The summed E-state index contributed by atoms with van der Waals surface area (Å²) < 4.78 is 10.9. The monoisotopic (exact) mass is 560 g/mol. The lowest BCUT2D eigenvalue weighted by atomic mass is 10.1. The minimum Gasteiger partial charge on any atom is -0.495 e. The Balaban J connectivity index is 0.00000216. The summed E-state index contributed by atoms with van der Waals surface area (Å²) in [6.07, 6.45) is 2.08. The summed E-state index contributed by atoms with van der Waals surface area (Å²) in [5, 5.41) is 3.06. The molecular weight excluding hydrogens is 523 g/mol. The van der Waals surface area contributed by atoms with E-state index in [1.165, 1.54) is 5.69 Å². The summed E-state index contributed by atoms with van der Waals surface area (Å²) in [6.45, 7) is 9.26. The van der Waals surface area contributed by atoms with Gasteiger partial charge in [0, 0.05) is 57.1 Å². The molecular formula is C26H39Cl3N4O3. The van der Waals surface area contributed by atoms with Crippen LogP contribution < -0.4 is 19.9 Å². The molecule has 0 radical (unpaired) electrons. The number of morpholine rings is 1. The van der Waals surface area contributed by atoms with Gasteiger partial charge in [0.05, 0.1) is 26.0 Å². The minimum absolute atomic E-state index is 0. The number of amides is 1. The molecule has 2 aromatic rings. The smallest absolute Gasteiger partial charge is 0.251 e. The molecule has 10 heteroatoms. The number of hydrogen-bond donors (Lipinski definition) is 1. The van der Waals surface area contributed by atoms with Crippen LogP contribution >= 0.6 is 37.2 Å². The van der Waals surface area contributed by atoms with Gasteiger partial charge in [0.2, 0.25) is 0 Å². The molecule has 202 valence electrons. The molecule has 2 aromatic carbocycles. The first kappa shape index (κ1) is 32.1. The van der Waals surface area contributed by atoms with Gasteiger partial charge >= 0.3 is 0 Å². The maximum absolute atomic E-state index is 12.4. The third-order valence-electron chi connectivity index (χ3n) is 6.49. The molecule has 0 aromatic heterocycles. The lowest BCUT2D eigenvalue weighted by Gasteiger charge is -2.36. The normalized spacial score (nSPS) is 15.7. The van der Waals surface area contributed by atoms with Crippen LogP contribution in [0, 0.1) is 0 Å². The van der Waals surface area contributed by atoms with Crippen molar-refractivity contribution in [3.63, 3.8) is 0 Å². The van der Waals surface area contributed by atoms with Crippen LogP contribution in [0.5, 0.6) is 5.75 Å². The standard InChI is InChI=1S/C26H36N4O3.3ClH/c1-32-25-7-3-2-6-24(25)30-16-14-28(15-17-30)13-5-4-12-27-26(31)22-8-10-23(11-9-22)29-18-20-33-21-19-29;;;/h2-3,6-11H,4-5,12-21H2,1H3,(H,27,31);3*1H. The van der Waals surface area contributed by atoms with Gasteiger partial charge in [0.25, 0.3) is 5.91 Å². The second kappa shape index (κ2) is 16.8. The van der Waals surface area contributed by atoms with Crippen molar-refractivity contribution in [3.8, 4) is 5.75 Å². The molecule has 1 amide bonds. The van der Waals surface area contributed by atoms with Crippen molar-refractivity contribution in [2.24, 2.45) is 0 Å². The van der Waals surface area contributed by atoms with Gasteiger partial charge in [-0.3, -0.25) is 9.69 Å². The predicted octanol–water partition coefficient (Wildman–Crippen LogP) is 4.13. The summed E-state index contributed by atoms with van der Waals surface area (Å²) >= 11 is 0. The Bertz CT molecular complexity index is 890. The molecule has 2 aliphatic heterocycles. The van der Waals surface area contributed by atoms with Crippen LogP contribution in [0.4, 0.5) is 11.4 Å². The number of nitrogens with zero attached hydrogens (tertiary/aromatic N) is 3. The zero-order valence-corrected chi connectivity index (χ0v) is 23.3. The van der Waals surface area contributed by atoms with Crippen molar-refractivity contribution in [3.05, 3.63) is 54.1 Å². The molecule has 7 nitrogen and oxygen atoms in total. The van der Waals surface area contributed by atoms with Crippen molar-refractivity contribution in [1.29, 1.82) is 0 Å². The highest BCUT2D eigenvalue weighted by Gasteiger charge is 2.19. The van der Waals surface area contributed by atoms with Gasteiger partial charge in [-0.2, -0.15) is 0 Å². The van der Waals surface area contributed by atoms with E-state index in [1.54, 1.807) is 7.11 Å². The van der Waals surface area contributed by atoms with E-state index in [4.69, 9.17) is 9.47 Å². The number of anilines is 2. The van der Waals surface area contributed by atoms with Crippen molar-refractivity contribution in [2.75, 3.05) is 82.5 Å². The molecule has 0 atom stereocenters. The quantitative estimate of drug-likeness (QED) is 0.465. The van der Waals surface area contributed by atoms with Crippen LogP contribution in [0.15, 0.2) is 48.5 Å². The van der Waals surface area contributed by atoms with Crippen molar-refractivity contribution in [2.45, 2.75) is 12.8 Å². The second-order valence-electron chi connectivity index (χ2n) is 8.61. The summed E-state index contributed by atoms with van der Waals surface area (Å²) in [5.74, 6) is 0.950. The second-order valence-corrected chi connectivity index (χ2v) is 8.61. The summed E-state index contributed by atoms with van der Waals surface area (Å²) in [4.78, 5) is 19.7. The van der Waals surface area contributed by atoms with E-state index in [1.807, 2.05) is 36.4 Å². The molecule has 36 heavy (non-hydrogen) atoms. The third-order valence-corrected chi connectivity index (χ3v) is 6.49. The maximum Gasteiger partial charge on any atom is 0.251 e. The Labute approximate surface area is 233 Å². The number of para-hydroxylation sites is 2. The van der Waals surface area contributed by atoms with Crippen LogP contribution in [0.2, 0.25) is 0 Å². The van der Waals surface area contributed by atoms with Crippen LogP contribution in [0.3, 0.4) is 0 Å². The lowest BCUT2D eigenvalue weighted by molar-refractivity contribution is 0.0952. The third kappa shape index (κ3) is 8.89. The molecule has 2 heterocycles. The van der Waals surface area contributed by atoms with Gasteiger partial charge in [0.1, 0.15) is 5.75 Å². The lowest BCUT2D eigenvalue weighted by Crippen LogP contribution is -2.46. The predicted molar refractivity (Wildman–Crippen MR) is 154 cm³/mol. The number of methoxy groups -OCH3 is 1. The zero-order valence-electron chi connectivity index (χ0n) is 20.9. The average Bonchev–Trinajstić information content (AvgIpc) is 2.89. The number of carbonyl (C=O) groups excluding carboxylic acids is 1. The fourth-order valence-corrected chi connectivity index (χ4v) is 4.51. The van der Waals surface area contributed by atoms with Crippen LogP contribution in [-0.4, -0.2) is 83.5 Å². The van der Waals surface area contributed by atoms with Gasteiger partial charge in [0.15, 0.2) is 0 Å². The molecule has 0 saturated carbocycles. The number of rotatable bonds is 9. The number of ether oxygens (including phenoxy) is 2. The summed E-state index contributed by atoms with van der Waals surface area (Å²) in [7, 11) is 1.73. The van der Waals surface area contributed by atoms with E-state index in [9.17, 15) is 4.79 Å². The first-order valence-electron chi connectivity index (χ1n) is 12.1. The number of unbranched alkanes of at least 4 members (excludes halogenated alkanes) is 1. The van der Waals surface area contributed by atoms with Crippen LogP contribution in [0.25, 0.3) is 0 Å². The molecule has 0 unspecified atom stereocenters. The first-order chi connectivity index (χ1) is 16.2. The highest BCUT2D eigenvalue weighted by molar-refractivity contribution is 5.94. The largest absolute Gasteiger partial charge is 0.495 e. The Hall–Kier alpha value is -1.90. The summed E-state index contributed by atoms with van der Waals surface area (Å²) in [5.41, 5.74) is 3.06. The highest BCUT2D eigenvalue weighted by Crippen LogP contribution is 2.28. The first-order valence-corrected chi connectivity index (χ1v) is 12.1. The van der Waals surface area contributed by atoms with Gasteiger partial charge < -0.3 is 24.6 Å². The van der Waals surface area contributed by atoms with Crippen molar-refractivity contribution < 1.29 is 14.3 Å². The van der Waals surface area contributed by atoms with E-state index in [2.05, 4.69) is 32.1 Å². The molecule has 0 spiro atoms. The molecule has 2 aliphatic rings. The zero-order chi connectivity index (χ0) is 22.9. The number of hydrogen-bond acceptors (Lipinski definition) is 6. The fourth-order valence-electron chi connectivity index (χ4n) is 4.51. The van der Waals surface area contributed by atoms with Crippen molar-refractivity contribution in [1.82, 2.24) is 10.2 Å². The summed E-state index contributed by atoms with van der Waals surface area (Å²) in [6, 6.07) is 16.1. The average molecular weight is 562 g/mol. The molecule has 2 fully saturated rings. The number of nitrogens with one attached hydrogen (secondary N) is 1. The number of halogens is 3. The maximum atomic E-state index is 12.4. The van der Waals surface area contributed by atoms with Gasteiger partial charge in [-0.25, -0.2) is 0 Å². The number of benzene rings is 2. The highest BCUT2D eigenvalue weighted by atomic mass is 35.5. The topological polar surface area (TPSA) is 57.3 Å².